The minimum atomic E-state index is 0.189. The van der Waals surface area contributed by atoms with E-state index >= 15 is 0 Å². The average molecular weight is 308 g/mol. The molecule has 0 aliphatic carbocycles. The topological polar surface area (TPSA) is 32.3 Å². The maximum atomic E-state index is 12.8. The third kappa shape index (κ3) is 2.98. The van der Waals surface area contributed by atoms with Gasteiger partial charge < -0.3 is 10.2 Å². The molecule has 0 aromatic heterocycles. The molecular formula is C20H24N2O. The molecule has 3 nitrogen and oxygen atoms in total. The Morgan fingerprint density at radius 2 is 1.78 bits per heavy atom. The Morgan fingerprint density at radius 3 is 2.52 bits per heavy atom. The second kappa shape index (κ2) is 6.32. The number of nitrogens with one attached hydrogen (secondary N) is 1. The Labute approximate surface area is 137 Å². The molecule has 0 spiro atoms. The molecule has 2 heterocycles. The Hall–Kier alpha value is -1.87. The minimum absolute atomic E-state index is 0.189. The van der Waals surface area contributed by atoms with Crippen LogP contribution in [0.2, 0.25) is 0 Å². The van der Waals surface area contributed by atoms with Crippen molar-refractivity contribution in [2.75, 3.05) is 19.6 Å². The van der Waals surface area contributed by atoms with Crippen LogP contribution in [0.15, 0.2) is 42.5 Å². The lowest BCUT2D eigenvalue weighted by Gasteiger charge is -2.35. The highest BCUT2D eigenvalue weighted by atomic mass is 16.2. The zero-order valence-electron chi connectivity index (χ0n) is 13.5. The van der Waals surface area contributed by atoms with E-state index in [9.17, 15) is 4.79 Å². The molecular weight excluding hydrogens is 284 g/mol. The number of hydrogen-bond acceptors (Lipinski definition) is 2. The first-order valence-corrected chi connectivity index (χ1v) is 8.83. The first kappa shape index (κ1) is 14.7. The van der Waals surface area contributed by atoms with Crippen LogP contribution in [0.25, 0.3) is 10.8 Å². The summed E-state index contributed by atoms with van der Waals surface area (Å²) in [4.78, 5) is 14.8. The molecule has 2 aliphatic heterocycles. The zero-order valence-corrected chi connectivity index (χ0v) is 13.5. The van der Waals surface area contributed by atoms with Crippen LogP contribution >= 0.6 is 0 Å². The zero-order chi connectivity index (χ0) is 15.6. The van der Waals surface area contributed by atoms with E-state index in [1.165, 1.54) is 24.8 Å². The number of likely N-dealkylation sites (tertiary alicyclic amines) is 1. The normalized spacial score (nSPS) is 22.6. The number of carbonyl (C=O) groups is 1. The summed E-state index contributed by atoms with van der Waals surface area (Å²) in [6, 6.07) is 15.0. The standard InChI is InChI=1S/C20H24N2O/c23-20(18-8-7-15-4-1-2-5-17(15)14-18)22-12-9-16(10-13-22)19-6-3-11-21-19/h1-2,4-5,7-8,14,16,19,21H,3,6,9-13H2. The number of fused-ring (bicyclic) bond motifs is 1. The van der Waals surface area contributed by atoms with Gasteiger partial charge in [0.05, 0.1) is 0 Å². The summed E-state index contributed by atoms with van der Waals surface area (Å²) in [6.45, 7) is 2.96. The van der Waals surface area contributed by atoms with Gasteiger partial charge in [0, 0.05) is 24.7 Å². The summed E-state index contributed by atoms with van der Waals surface area (Å²) in [5.41, 5.74) is 0.821. The molecule has 3 heteroatoms. The number of nitrogens with zero attached hydrogens (tertiary/aromatic N) is 1. The average Bonchev–Trinajstić information content (AvgIpc) is 3.15. The fourth-order valence-electron chi connectivity index (χ4n) is 4.12. The lowest BCUT2D eigenvalue weighted by atomic mass is 9.88. The van der Waals surface area contributed by atoms with E-state index in [-0.39, 0.29) is 5.91 Å². The van der Waals surface area contributed by atoms with Crippen molar-refractivity contribution in [3.05, 3.63) is 48.0 Å². The first-order chi connectivity index (χ1) is 11.3. The molecule has 1 amide bonds. The van der Waals surface area contributed by atoms with Gasteiger partial charge in [0.15, 0.2) is 0 Å². The number of hydrogen-bond donors (Lipinski definition) is 1. The molecule has 2 fully saturated rings. The van der Waals surface area contributed by atoms with Crippen LogP contribution in [0.1, 0.15) is 36.0 Å². The van der Waals surface area contributed by atoms with Crippen LogP contribution in [0.5, 0.6) is 0 Å². The van der Waals surface area contributed by atoms with Crippen molar-refractivity contribution < 1.29 is 4.79 Å². The van der Waals surface area contributed by atoms with E-state index in [1.807, 2.05) is 29.2 Å². The van der Waals surface area contributed by atoms with Crippen molar-refractivity contribution in [2.45, 2.75) is 31.7 Å². The monoisotopic (exact) mass is 308 g/mol. The van der Waals surface area contributed by atoms with Crippen LogP contribution in [-0.2, 0) is 0 Å². The predicted octanol–water partition coefficient (Wildman–Crippen LogP) is 3.44. The van der Waals surface area contributed by atoms with Crippen LogP contribution < -0.4 is 5.32 Å². The lowest BCUT2D eigenvalue weighted by molar-refractivity contribution is 0.0674. The molecule has 1 N–H and O–H groups in total. The van der Waals surface area contributed by atoms with Gasteiger partial charge in [-0.1, -0.05) is 30.3 Å². The van der Waals surface area contributed by atoms with E-state index in [4.69, 9.17) is 0 Å². The number of benzene rings is 2. The maximum Gasteiger partial charge on any atom is 0.253 e. The highest BCUT2D eigenvalue weighted by molar-refractivity contribution is 5.98. The van der Waals surface area contributed by atoms with E-state index in [1.54, 1.807) is 0 Å². The summed E-state index contributed by atoms with van der Waals surface area (Å²) >= 11 is 0. The first-order valence-electron chi connectivity index (χ1n) is 8.83. The maximum absolute atomic E-state index is 12.8. The Morgan fingerprint density at radius 1 is 1.00 bits per heavy atom. The molecule has 0 saturated carbocycles. The third-order valence-corrected chi connectivity index (χ3v) is 5.49. The van der Waals surface area contributed by atoms with Crippen molar-refractivity contribution >= 4 is 16.7 Å². The molecule has 2 saturated heterocycles. The van der Waals surface area contributed by atoms with Gasteiger partial charge >= 0.3 is 0 Å². The molecule has 1 atom stereocenters. The highest BCUT2D eigenvalue weighted by Gasteiger charge is 2.30. The third-order valence-electron chi connectivity index (χ3n) is 5.49. The minimum Gasteiger partial charge on any atom is -0.339 e. The van der Waals surface area contributed by atoms with E-state index in [2.05, 4.69) is 23.5 Å². The summed E-state index contributed by atoms with van der Waals surface area (Å²) in [5.74, 6) is 0.937. The van der Waals surface area contributed by atoms with Gasteiger partial charge in [-0.05, 0) is 61.1 Å². The predicted molar refractivity (Wildman–Crippen MR) is 93.6 cm³/mol. The molecule has 0 radical (unpaired) electrons. The van der Waals surface area contributed by atoms with Crippen molar-refractivity contribution in [1.29, 1.82) is 0 Å². The van der Waals surface area contributed by atoms with Crippen molar-refractivity contribution in [1.82, 2.24) is 10.2 Å². The van der Waals surface area contributed by atoms with Gasteiger partial charge in [0.2, 0.25) is 0 Å². The number of carbonyl (C=O) groups excluding carboxylic acids is 1. The second-order valence-electron chi connectivity index (χ2n) is 6.89. The Kier molecular flexibility index (Phi) is 4.04. The van der Waals surface area contributed by atoms with Crippen molar-refractivity contribution in [3.8, 4) is 0 Å². The molecule has 23 heavy (non-hydrogen) atoms. The molecule has 1 unspecified atom stereocenters. The molecule has 2 aromatic carbocycles. The van der Waals surface area contributed by atoms with Crippen LogP contribution in [0.4, 0.5) is 0 Å². The smallest absolute Gasteiger partial charge is 0.253 e. The molecule has 2 aliphatic rings. The fraction of sp³-hybridized carbons (Fsp3) is 0.450. The Bertz CT molecular complexity index is 698. The molecule has 2 aromatic rings. The summed E-state index contributed by atoms with van der Waals surface area (Å²) in [5, 5.41) is 5.95. The van der Waals surface area contributed by atoms with Gasteiger partial charge in [-0.2, -0.15) is 0 Å². The van der Waals surface area contributed by atoms with Gasteiger partial charge in [-0.15, -0.1) is 0 Å². The van der Waals surface area contributed by atoms with Gasteiger partial charge in [-0.3, -0.25) is 4.79 Å². The summed E-state index contributed by atoms with van der Waals surface area (Å²) < 4.78 is 0. The highest BCUT2D eigenvalue weighted by Crippen LogP contribution is 2.26. The molecule has 0 bridgehead atoms. The van der Waals surface area contributed by atoms with E-state index in [0.29, 0.717) is 6.04 Å². The number of amides is 1. The van der Waals surface area contributed by atoms with E-state index < -0.39 is 0 Å². The second-order valence-corrected chi connectivity index (χ2v) is 6.89. The lowest BCUT2D eigenvalue weighted by Crippen LogP contribution is -2.43. The largest absolute Gasteiger partial charge is 0.339 e. The SMILES string of the molecule is O=C(c1ccc2ccccc2c1)N1CCC(C2CCCN2)CC1. The quantitative estimate of drug-likeness (QED) is 0.921. The van der Waals surface area contributed by atoms with Crippen LogP contribution in [0.3, 0.4) is 0 Å². The summed E-state index contributed by atoms with van der Waals surface area (Å²) in [6.07, 6.45) is 4.89. The van der Waals surface area contributed by atoms with Crippen molar-refractivity contribution in [2.24, 2.45) is 5.92 Å². The Balaban J connectivity index is 1.44. The summed E-state index contributed by atoms with van der Waals surface area (Å²) in [7, 11) is 0. The van der Waals surface area contributed by atoms with Gasteiger partial charge in [-0.25, -0.2) is 0 Å². The van der Waals surface area contributed by atoms with Crippen LogP contribution in [-0.4, -0.2) is 36.5 Å². The van der Waals surface area contributed by atoms with Gasteiger partial charge in [0.1, 0.15) is 0 Å². The van der Waals surface area contributed by atoms with E-state index in [0.717, 1.165) is 42.8 Å². The van der Waals surface area contributed by atoms with Crippen LogP contribution in [0, 0.1) is 5.92 Å². The van der Waals surface area contributed by atoms with Crippen molar-refractivity contribution in [3.63, 3.8) is 0 Å². The fourth-order valence-corrected chi connectivity index (χ4v) is 4.12. The number of rotatable bonds is 2. The van der Waals surface area contributed by atoms with Gasteiger partial charge in [0.25, 0.3) is 5.91 Å². The molecule has 4 rings (SSSR count). The molecule has 120 valence electrons. The number of piperidine rings is 1.